The summed E-state index contributed by atoms with van der Waals surface area (Å²) in [4.78, 5) is 12.4. The fraction of sp³-hybridized carbons (Fsp3) is 0.757. The van der Waals surface area contributed by atoms with Gasteiger partial charge in [0.2, 0.25) is 6.29 Å². The van der Waals surface area contributed by atoms with Crippen molar-refractivity contribution < 1.29 is 98.1 Å². The van der Waals surface area contributed by atoms with Crippen molar-refractivity contribution in [3.8, 4) is 18.1 Å². The number of ether oxygens (including phenoxy) is 8. The molecule has 0 spiro atoms. The lowest BCUT2D eigenvalue weighted by Gasteiger charge is -2.48. The molecule has 1 aromatic rings. The molecular formula is C37H55FO19. The van der Waals surface area contributed by atoms with Gasteiger partial charge in [-0.3, -0.25) is 4.79 Å². The predicted octanol–water partition coefficient (Wildman–Crippen LogP) is -3.47. The number of halogens is 1. The molecule has 0 radical (unpaired) electrons. The molecule has 7 unspecified atom stereocenters. The molecular weight excluding hydrogens is 767 g/mol. The van der Waals surface area contributed by atoms with Crippen molar-refractivity contribution in [2.24, 2.45) is 5.92 Å². The molecule has 324 valence electrons. The number of benzene rings is 1. The Morgan fingerprint density at radius 2 is 1.33 bits per heavy atom. The van der Waals surface area contributed by atoms with Gasteiger partial charge in [-0.05, 0) is 36.5 Å². The normalized spacial score (nSPS) is 36.3. The molecule has 3 heterocycles. The first kappa shape index (κ1) is 47.0. The van der Waals surface area contributed by atoms with Crippen molar-refractivity contribution >= 4 is 5.97 Å². The summed E-state index contributed by atoms with van der Waals surface area (Å²) in [5.41, 5.74) is 0.659. The van der Waals surface area contributed by atoms with Gasteiger partial charge in [0.25, 0.3) is 0 Å². The Balaban J connectivity index is 1.38. The molecule has 0 aliphatic carbocycles. The van der Waals surface area contributed by atoms with Gasteiger partial charge in [0.1, 0.15) is 92.3 Å². The zero-order chi connectivity index (χ0) is 41.8. The van der Waals surface area contributed by atoms with Gasteiger partial charge in [-0.25, -0.2) is 4.39 Å². The molecule has 10 N–H and O–H groups in total. The van der Waals surface area contributed by atoms with Crippen LogP contribution >= 0.6 is 0 Å². The highest BCUT2D eigenvalue weighted by molar-refractivity contribution is 5.69. The molecule has 0 aromatic heterocycles. The van der Waals surface area contributed by atoms with Crippen LogP contribution in [0.2, 0.25) is 0 Å². The molecule has 20 heteroatoms. The van der Waals surface area contributed by atoms with E-state index in [0.29, 0.717) is 18.6 Å². The Morgan fingerprint density at radius 1 is 0.772 bits per heavy atom. The van der Waals surface area contributed by atoms with Crippen LogP contribution in [0, 0.1) is 18.3 Å². The average molecular weight is 823 g/mol. The van der Waals surface area contributed by atoms with E-state index in [1.807, 2.05) is 6.92 Å². The summed E-state index contributed by atoms with van der Waals surface area (Å²) < 4.78 is 58.4. The second kappa shape index (κ2) is 22.6. The van der Waals surface area contributed by atoms with Crippen molar-refractivity contribution in [2.75, 3.05) is 39.6 Å². The minimum Gasteiger partial charge on any atom is -0.463 e. The maximum absolute atomic E-state index is 14.3. The molecule has 19 nitrogen and oxygen atoms in total. The van der Waals surface area contributed by atoms with Crippen LogP contribution in [-0.4, -0.2) is 189 Å². The Morgan fingerprint density at radius 3 is 1.89 bits per heavy atom. The van der Waals surface area contributed by atoms with Crippen molar-refractivity contribution in [1.82, 2.24) is 0 Å². The summed E-state index contributed by atoms with van der Waals surface area (Å²) in [5, 5.41) is 104. The second-order valence-electron chi connectivity index (χ2n) is 14.0. The summed E-state index contributed by atoms with van der Waals surface area (Å²) in [6, 6.07) is 4.50. The number of carbonyl (C=O) groups is 1. The van der Waals surface area contributed by atoms with E-state index in [-0.39, 0.29) is 43.3 Å². The molecule has 0 bridgehead atoms. The highest BCUT2D eigenvalue weighted by atomic mass is 19.1. The highest BCUT2D eigenvalue weighted by Gasteiger charge is 2.53. The molecule has 0 saturated carbocycles. The second-order valence-corrected chi connectivity index (χ2v) is 14.0. The molecule has 3 aliphatic heterocycles. The highest BCUT2D eigenvalue weighted by Crippen LogP contribution is 2.34. The minimum absolute atomic E-state index is 0.0199. The summed E-state index contributed by atoms with van der Waals surface area (Å²) in [7, 11) is 0. The van der Waals surface area contributed by atoms with Gasteiger partial charge in [0, 0.05) is 25.0 Å². The third-order valence-electron chi connectivity index (χ3n) is 9.81. The third-order valence-corrected chi connectivity index (χ3v) is 9.81. The van der Waals surface area contributed by atoms with Crippen LogP contribution in [0.15, 0.2) is 18.2 Å². The summed E-state index contributed by atoms with van der Waals surface area (Å²) >= 11 is 0. The lowest BCUT2D eigenvalue weighted by molar-refractivity contribution is -0.376. The van der Waals surface area contributed by atoms with Gasteiger partial charge in [-0.15, -0.1) is 12.3 Å². The van der Waals surface area contributed by atoms with E-state index in [2.05, 4.69) is 5.92 Å². The van der Waals surface area contributed by atoms with Gasteiger partial charge >= 0.3 is 5.97 Å². The predicted molar refractivity (Wildman–Crippen MR) is 188 cm³/mol. The Kier molecular flexibility index (Phi) is 18.7. The number of carbonyl (C=O) groups excluding carboxylic acids is 1. The van der Waals surface area contributed by atoms with Crippen molar-refractivity contribution in [3.05, 3.63) is 29.3 Å². The Bertz CT molecular complexity index is 1410. The first-order chi connectivity index (χ1) is 27.3. The quantitative estimate of drug-likeness (QED) is 0.0347. The van der Waals surface area contributed by atoms with Crippen LogP contribution in [-0.2, 0) is 51.0 Å². The maximum atomic E-state index is 14.3. The molecule has 57 heavy (non-hydrogen) atoms. The van der Waals surface area contributed by atoms with E-state index in [9.17, 15) is 60.3 Å². The van der Waals surface area contributed by atoms with Gasteiger partial charge in [-0.1, -0.05) is 13.0 Å². The molecule has 3 fully saturated rings. The lowest BCUT2D eigenvalue weighted by Crippen LogP contribution is -2.66. The van der Waals surface area contributed by atoms with E-state index < -0.39 is 125 Å². The van der Waals surface area contributed by atoms with E-state index >= 15 is 0 Å². The van der Waals surface area contributed by atoms with Gasteiger partial charge in [-0.2, -0.15) is 0 Å². The van der Waals surface area contributed by atoms with E-state index in [0.717, 1.165) is 6.42 Å². The summed E-state index contributed by atoms with van der Waals surface area (Å²) in [6.45, 7) is -0.630. The molecule has 0 amide bonds. The van der Waals surface area contributed by atoms with Gasteiger partial charge in [0.15, 0.2) is 12.6 Å². The number of hydrogen-bond acceptors (Lipinski definition) is 19. The Hall–Kier alpha value is -2.66. The lowest BCUT2D eigenvalue weighted by atomic mass is 9.92. The number of aliphatic hydroxyl groups excluding tert-OH is 10. The topological polar surface area (TPSA) is 293 Å². The number of terminal acetylenes is 1. The molecule has 4 rings (SSSR count). The van der Waals surface area contributed by atoms with Crippen molar-refractivity contribution in [2.45, 2.75) is 131 Å². The zero-order valence-electron chi connectivity index (χ0n) is 31.3. The van der Waals surface area contributed by atoms with Crippen LogP contribution in [0.25, 0.3) is 0 Å². The van der Waals surface area contributed by atoms with Crippen molar-refractivity contribution in [3.63, 3.8) is 0 Å². The number of esters is 1. The smallest absolute Gasteiger partial charge is 0.306 e. The third kappa shape index (κ3) is 12.0. The summed E-state index contributed by atoms with van der Waals surface area (Å²) in [5.74, 6) is 1.69. The van der Waals surface area contributed by atoms with E-state index in [1.165, 1.54) is 12.1 Å². The number of alkyl halides is 1. The van der Waals surface area contributed by atoms with Crippen molar-refractivity contribution in [1.29, 1.82) is 0 Å². The largest absolute Gasteiger partial charge is 0.463 e. The monoisotopic (exact) mass is 822 g/mol. The standard InChI is InChI=1S/C37H55FO19/c1-3-5-18(13-25(42)51-10-9-50-8-4-2)11-19-6-7-21(20(12-19)14-38)52-35-31(48)28(45)33(23(16-40)54-35)57-37-32(49)29(46)34(24(17-41)55-37)56-36-30(47)27(44)26(43)22(15-39)53-36/h1,6-7,12,18,22-24,26-37,39-41,43-49H,4-5,8-11,13-17H2,2H3/t18?,22?,23?,24?,26-,27+,28-,29-,30?,31?,32?,33+,34+,35-,36-,37-/m1/s1. The fourth-order valence-corrected chi connectivity index (χ4v) is 6.72. The number of hydrogen-bond donors (Lipinski definition) is 10. The average Bonchev–Trinajstić information content (AvgIpc) is 3.20. The molecule has 3 saturated heterocycles. The zero-order valence-corrected chi connectivity index (χ0v) is 31.3. The minimum atomic E-state index is -2.00. The Labute approximate surface area is 328 Å². The van der Waals surface area contributed by atoms with Crippen LogP contribution in [0.4, 0.5) is 4.39 Å². The first-order valence-corrected chi connectivity index (χ1v) is 18.7. The SMILES string of the molecule is C#CCC(CC(=O)OCCOCCC)Cc1ccc(O[C@@H]2OC(CO)[C@H](O[C@H]3OC(CO)[C@H](O[C@H]4OC(CO)[C@@H](O)[C@H](O)C4O)[C@H](O)C3O)[C@H](O)C2O)c(CF)c1. The van der Waals surface area contributed by atoms with Crippen LogP contribution in [0.5, 0.6) is 5.75 Å². The van der Waals surface area contributed by atoms with E-state index in [1.54, 1.807) is 6.07 Å². The fourth-order valence-electron chi connectivity index (χ4n) is 6.72. The number of rotatable bonds is 20. The molecule has 16 atom stereocenters. The molecule has 3 aliphatic rings. The number of aliphatic hydroxyl groups is 10. The maximum Gasteiger partial charge on any atom is 0.306 e. The van der Waals surface area contributed by atoms with Crippen LogP contribution < -0.4 is 4.74 Å². The summed E-state index contributed by atoms with van der Waals surface area (Å²) in [6.07, 6.45) is -19.2. The van der Waals surface area contributed by atoms with Gasteiger partial charge in [0.05, 0.1) is 26.4 Å². The van der Waals surface area contributed by atoms with E-state index in [4.69, 9.17) is 44.3 Å². The van der Waals surface area contributed by atoms with Crippen LogP contribution in [0.1, 0.15) is 37.3 Å². The first-order valence-electron chi connectivity index (χ1n) is 18.7. The van der Waals surface area contributed by atoms with Crippen LogP contribution in [0.3, 0.4) is 0 Å². The van der Waals surface area contributed by atoms with Gasteiger partial charge < -0.3 is 89.0 Å². The molecule has 1 aromatic carbocycles.